The molecule has 1 aliphatic carbocycles. The molecular formula is C43H48F2O6. The van der Waals surface area contributed by atoms with Crippen LogP contribution in [0.3, 0.4) is 0 Å². The van der Waals surface area contributed by atoms with Crippen LogP contribution >= 0.6 is 0 Å². The van der Waals surface area contributed by atoms with Gasteiger partial charge >= 0.3 is 0 Å². The van der Waals surface area contributed by atoms with Crippen molar-refractivity contribution in [1.29, 1.82) is 0 Å². The fourth-order valence-electron chi connectivity index (χ4n) is 6.11. The van der Waals surface area contributed by atoms with Crippen LogP contribution in [0.15, 0.2) is 98.5 Å². The second kappa shape index (κ2) is 20.0. The molecule has 1 aliphatic rings. The summed E-state index contributed by atoms with van der Waals surface area (Å²) in [5, 5.41) is 0. The molecule has 51 heavy (non-hydrogen) atoms. The Labute approximate surface area is 300 Å². The first kappa shape index (κ1) is 37.3. The van der Waals surface area contributed by atoms with Crippen LogP contribution in [-0.2, 0) is 22.3 Å². The standard InChI is InChI=1S/C43H48F2O6/c1-3-46-21-9-5-7-11-23-48-42-19-14-33(27-40(42)44)25-32-13-17-38-34(26-32)28-35-29-36(15-18-39(35)38)50-31-51-37-16-20-43(41(45)30-37)49-24-12-8-6-10-22-47-4-2/h3-4,13-20,26-27,29-30H,1-2,5-12,21-25,28,31H2. The van der Waals surface area contributed by atoms with E-state index in [2.05, 4.69) is 37.4 Å². The Bertz CT molecular complexity index is 1720. The average molecular weight is 699 g/mol. The largest absolute Gasteiger partial charge is 0.502 e. The van der Waals surface area contributed by atoms with Gasteiger partial charge in [0.2, 0.25) is 6.79 Å². The fourth-order valence-corrected chi connectivity index (χ4v) is 6.11. The summed E-state index contributed by atoms with van der Waals surface area (Å²) in [7, 11) is 0. The van der Waals surface area contributed by atoms with Crippen LogP contribution in [0.4, 0.5) is 8.78 Å². The Balaban J connectivity index is 1.04. The Hall–Kier alpha value is -4.98. The van der Waals surface area contributed by atoms with E-state index in [1.165, 1.54) is 35.3 Å². The lowest BCUT2D eigenvalue weighted by molar-refractivity contribution is 0.119. The fraction of sp³-hybridized carbons (Fsp3) is 0.349. The van der Waals surface area contributed by atoms with Crippen LogP contribution in [0.5, 0.6) is 23.0 Å². The summed E-state index contributed by atoms with van der Waals surface area (Å²) in [5.74, 6) is 0.731. The highest BCUT2D eigenvalue weighted by Crippen LogP contribution is 2.39. The molecule has 0 amide bonds. The summed E-state index contributed by atoms with van der Waals surface area (Å²) in [4.78, 5) is 0. The van der Waals surface area contributed by atoms with Gasteiger partial charge < -0.3 is 28.4 Å². The van der Waals surface area contributed by atoms with Gasteiger partial charge in [0.05, 0.1) is 39.0 Å². The minimum Gasteiger partial charge on any atom is -0.502 e. The van der Waals surface area contributed by atoms with Gasteiger partial charge in [-0.3, -0.25) is 0 Å². The maximum atomic E-state index is 14.8. The third-order valence-electron chi connectivity index (χ3n) is 8.74. The first-order valence-electron chi connectivity index (χ1n) is 17.8. The van der Waals surface area contributed by atoms with Crippen molar-refractivity contribution < 1.29 is 37.2 Å². The second-order valence-corrected chi connectivity index (χ2v) is 12.5. The molecule has 6 nitrogen and oxygen atoms in total. The molecule has 0 unspecified atom stereocenters. The van der Waals surface area contributed by atoms with Gasteiger partial charge in [-0.2, -0.15) is 0 Å². The number of unbranched alkanes of at least 4 members (excludes halogenated alkanes) is 6. The van der Waals surface area contributed by atoms with Crippen LogP contribution in [0, 0.1) is 11.6 Å². The van der Waals surface area contributed by atoms with E-state index in [0.717, 1.165) is 74.5 Å². The van der Waals surface area contributed by atoms with Gasteiger partial charge in [0.15, 0.2) is 23.1 Å². The van der Waals surface area contributed by atoms with Crippen LogP contribution in [0.25, 0.3) is 11.1 Å². The van der Waals surface area contributed by atoms with E-state index in [1.807, 2.05) is 18.2 Å². The second-order valence-electron chi connectivity index (χ2n) is 12.5. The zero-order chi connectivity index (χ0) is 35.7. The highest BCUT2D eigenvalue weighted by atomic mass is 19.1. The number of benzene rings is 4. The van der Waals surface area contributed by atoms with E-state index in [0.29, 0.717) is 50.1 Å². The van der Waals surface area contributed by atoms with Gasteiger partial charge in [0.1, 0.15) is 11.5 Å². The monoisotopic (exact) mass is 698 g/mol. The quantitative estimate of drug-likeness (QED) is 0.0363. The van der Waals surface area contributed by atoms with Crippen molar-refractivity contribution in [2.45, 2.75) is 64.2 Å². The van der Waals surface area contributed by atoms with Gasteiger partial charge in [0, 0.05) is 6.07 Å². The highest BCUT2D eigenvalue weighted by molar-refractivity contribution is 5.77. The lowest BCUT2D eigenvalue weighted by atomic mass is 9.99. The smallest absolute Gasteiger partial charge is 0.230 e. The Morgan fingerprint density at radius 1 is 0.510 bits per heavy atom. The van der Waals surface area contributed by atoms with Crippen LogP contribution < -0.4 is 18.9 Å². The summed E-state index contributed by atoms with van der Waals surface area (Å²) >= 11 is 0. The van der Waals surface area contributed by atoms with Gasteiger partial charge in [-0.25, -0.2) is 8.78 Å². The topological polar surface area (TPSA) is 55.4 Å². The van der Waals surface area contributed by atoms with Crippen molar-refractivity contribution in [3.63, 3.8) is 0 Å². The maximum absolute atomic E-state index is 14.8. The zero-order valence-corrected chi connectivity index (χ0v) is 29.3. The molecule has 0 bridgehead atoms. The zero-order valence-electron chi connectivity index (χ0n) is 29.3. The van der Waals surface area contributed by atoms with E-state index in [1.54, 1.807) is 24.3 Å². The summed E-state index contributed by atoms with van der Waals surface area (Å²) in [6, 6.07) is 22.2. The van der Waals surface area contributed by atoms with E-state index < -0.39 is 5.82 Å². The van der Waals surface area contributed by atoms with Gasteiger partial charge in [-0.15, -0.1) is 0 Å². The van der Waals surface area contributed by atoms with Crippen molar-refractivity contribution in [2.24, 2.45) is 0 Å². The minimum atomic E-state index is -0.471. The molecule has 0 aromatic heterocycles. The first-order chi connectivity index (χ1) is 25.0. The molecule has 0 aliphatic heterocycles. The number of halogens is 2. The molecule has 0 N–H and O–H groups in total. The van der Waals surface area contributed by atoms with E-state index in [4.69, 9.17) is 28.4 Å². The number of hydrogen-bond donors (Lipinski definition) is 0. The lowest BCUT2D eigenvalue weighted by Crippen LogP contribution is -2.06. The Kier molecular flexibility index (Phi) is 14.6. The Morgan fingerprint density at radius 2 is 1.00 bits per heavy atom. The molecule has 0 saturated heterocycles. The summed E-state index contributed by atoms with van der Waals surface area (Å²) in [5.41, 5.74) is 6.76. The van der Waals surface area contributed by atoms with Gasteiger partial charge in [0.25, 0.3) is 0 Å². The van der Waals surface area contributed by atoms with Crippen molar-refractivity contribution in [2.75, 3.05) is 33.2 Å². The van der Waals surface area contributed by atoms with Gasteiger partial charge in [-0.1, -0.05) is 43.5 Å². The molecular weight excluding hydrogens is 650 g/mol. The number of ether oxygens (including phenoxy) is 6. The number of fused-ring (bicyclic) bond motifs is 3. The molecule has 0 radical (unpaired) electrons. The molecule has 4 aromatic rings. The van der Waals surface area contributed by atoms with Crippen LogP contribution in [-0.4, -0.2) is 33.2 Å². The van der Waals surface area contributed by atoms with Crippen LogP contribution in [0.1, 0.15) is 73.6 Å². The molecule has 8 heteroatoms. The third-order valence-corrected chi connectivity index (χ3v) is 8.74. The lowest BCUT2D eigenvalue weighted by Gasteiger charge is -2.12. The molecule has 0 atom stereocenters. The molecule has 0 fully saturated rings. The summed E-state index contributed by atoms with van der Waals surface area (Å²) in [6.07, 6.45) is 12.0. The van der Waals surface area contributed by atoms with E-state index >= 15 is 0 Å². The normalized spacial score (nSPS) is 11.3. The maximum Gasteiger partial charge on any atom is 0.230 e. The van der Waals surface area contributed by atoms with Crippen LogP contribution in [0.2, 0.25) is 0 Å². The molecule has 0 saturated carbocycles. The molecule has 5 rings (SSSR count). The SMILES string of the molecule is C=COCCCCCCOc1ccc(Cc2ccc3c(c2)Cc2cc(OCOc4ccc(OCCCCCCOC=C)c(F)c4)ccc2-3)cc1F. The van der Waals surface area contributed by atoms with Crippen molar-refractivity contribution in [3.8, 4) is 34.1 Å². The average Bonchev–Trinajstić information content (AvgIpc) is 3.49. The molecule has 0 spiro atoms. The third kappa shape index (κ3) is 11.5. The predicted molar refractivity (Wildman–Crippen MR) is 197 cm³/mol. The molecule has 0 heterocycles. The van der Waals surface area contributed by atoms with E-state index in [-0.39, 0.29) is 18.4 Å². The number of rotatable bonds is 24. The molecule has 270 valence electrons. The summed E-state index contributed by atoms with van der Waals surface area (Å²) < 4.78 is 62.5. The van der Waals surface area contributed by atoms with E-state index in [9.17, 15) is 8.78 Å². The Morgan fingerprint density at radius 3 is 1.61 bits per heavy atom. The van der Waals surface area contributed by atoms with Crippen molar-refractivity contribution in [1.82, 2.24) is 0 Å². The van der Waals surface area contributed by atoms with Crippen molar-refractivity contribution in [3.05, 3.63) is 132 Å². The predicted octanol–water partition coefficient (Wildman–Crippen LogP) is 10.7. The van der Waals surface area contributed by atoms with Crippen molar-refractivity contribution >= 4 is 0 Å². The highest BCUT2D eigenvalue weighted by Gasteiger charge is 2.20. The van der Waals surface area contributed by atoms with Gasteiger partial charge in [-0.05, 0) is 134 Å². The number of hydrogen-bond acceptors (Lipinski definition) is 6. The molecule has 4 aromatic carbocycles. The first-order valence-corrected chi connectivity index (χ1v) is 17.8. The minimum absolute atomic E-state index is 0.0578. The summed E-state index contributed by atoms with van der Waals surface area (Å²) in [6.45, 7) is 9.29.